The van der Waals surface area contributed by atoms with Gasteiger partial charge in [-0.15, -0.1) is 0 Å². The predicted octanol–water partition coefficient (Wildman–Crippen LogP) is 3.33. The summed E-state index contributed by atoms with van der Waals surface area (Å²) in [4.78, 5) is 31.0. The molecule has 2 N–H and O–H groups in total. The molecule has 12 heteroatoms. The fourth-order valence-electron chi connectivity index (χ4n) is 4.19. The Kier molecular flexibility index (Phi) is 9.70. The number of benzene rings is 1. The highest BCUT2D eigenvalue weighted by atomic mass is 16.5. The summed E-state index contributed by atoms with van der Waals surface area (Å²) in [5, 5.41) is 13.0. The highest BCUT2D eigenvalue weighted by molar-refractivity contribution is 5.85. The Morgan fingerprint density at radius 3 is 2.59 bits per heavy atom. The minimum absolute atomic E-state index is 0.00849. The summed E-state index contributed by atoms with van der Waals surface area (Å²) in [6, 6.07) is 10.3. The van der Waals surface area contributed by atoms with Crippen molar-refractivity contribution in [3.8, 4) is 17.4 Å². The largest absolute Gasteiger partial charge is 0.497 e. The lowest BCUT2D eigenvalue weighted by Gasteiger charge is -2.32. The van der Waals surface area contributed by atoms with Gasteiger partial charge in [0.2, 0.25) is 11.8 Å². The van der Waals surface area contributed by atoms with Crippen LogP contribution in [0.1, 0.15) is 12.0 Å². The number of carbonyl (C=O) groups is 1. The molecule has 1 amide bonds. The zero-order valence-corrected chi connectivity index (χ0v) is 22.5. The minimum Gasteiger partial charge on any atom is -0.497 e. The van der Waals surface area contributed by atoms with Gasteiger partial charge in [0.1, 0.15) is 17.3 Å². The second kappa shape index (κ2) is 13.6. The van der Waals surface area contributed by atoms with E-state index in [0.29, 0.717) is 35.2 Å². The third-order valence-electron chi connectivity index (χ3n) is 6.42. The van der Waals surface area contributed by atoms with E-state index in [2.05, 4.69) is 37.1 Å². The van der Waals surface area contributed by atoms with E-state index < -0.39 is 6.09 Å². The maximum atomic E-state index is 12.1. The molecule has 0 spiro atoms. The second-order valence-corrected chi connectivity index (χ2v) is 9.14. The van der Waals surface area contributed by atoms with Gasteiger partial charge in [-0.3, -0.25) is 4.90 Å². The first-order valence-electron chi connectivity index (χ1n) is 12.8. The highest BCUT2D eigenvalue weighted by Gasteiger charge is 2.20. The number of pyridine rings is 1. The molecule has 3 heterocycles. The number of ether oxygens (including phenoxy) is 3. The van der Waals surface area contributed by atoms with Gasteiger partial charge >= 0.3 is 6.09 Å². The fourth-order valence-corrected chi connectivity index (χ4v) is 4.19. The average Bonchev–Trinajstić information content (AvgIpc) is 2.95. The van der Waals surface area contributed by atoms with E-state index >= 15 is 0 Å². The van der Waals surface area contributed by atoms with Gasteiger partial charge in [0, 0.05) is 50.6 Å². The van der Waals surface area contributed by atoms with Crippen LogP contribution in [0.5, 0.6) is 17.4 Å². The van der Waals surface area contributed by atoms with Crippen molar-refractivity contribution in [3.05, 3.63) is 54.4 Å². The zero-order valence-electron chi connectivity index (χ0n) is 22.5. The van der Waals surface area contributed by atoms with Gasteiger partial charge in [0.05, 0.1) is 39.3 Å². The normalized spacial score (nSPS) is 14.0. The fraction of sp³-hybridized carbons (Fsp3) is 0.407. The van der Waals surface area contributed by atoms with Crippen molar-refractivity contribution in [2.24, 2.45) is 0 Å². The Hall–Kier alpha value is -4.16. The third-order valence-corrected chi connectivity index (χ3v) is 6.42. The topological polar surface area (TPSA) is 125 Å². The van der Waals surface area contributed by atoms with Crippen LogP contribution < -0.4 is 24.4 Å². The van der Waals surface area contributed by atoms with Crippen LogP contribution in [0.4, 0.5) is 22.2 Å². The third kappa shape index (κ3) is 7.91. The van der Waals surface area contributed by atoms with Crippen LogP contribution in [0.2, 0.25) is 0 Å². The molecule has 0 saturated carbocycles. The van der Waals surface area contributed by atoms with Gasteiger partial charge in [-0.1, -0.05) is 0 Å². The van der Waals surface area contributed by atoms with Crippen molar-refractivity contribution in [1.29, 1.82) is 0 Å². The molecular weight excluding hydrogens is 502 g/mol. The molecule has 3 aromatic rings. The van der Waals surface area contributed by atoms with E-state index in [1.165, 1.54) is 19.4 Å². The molecule has 0 atom stereocenters. The number of hydrogen-bond acceptors (Lipinski definition) is 10. The van der Waals surface area contributed by atoms with E-state index in [0.717, 1.165) is 44.0 Å². The van der Waals surface area contributed by atoms with E-state index in [4.69, 9.17) is 14.2 Å². The lowest BCUT2D eigenvalue weighted by atomic mass is 10.1. The Morgan fingerprint density at radius 2 is 1.90 bits per heavy atom. The average molecular weight is 538 g/mol. The number of piperazine rings is 1. The van der Waals surface area contributed by atoms with E-state index in [9.17, 15) is 9.90 Å². The van der Waals surface area contributed by atoms with Crippen molar-refractivity contribution in [1.82, 2.24) is 24.8 Å². The van der Waals surface area contributed by atoms with Crippen LogP contribution in [-0.2, 0) is 6.54 Å². The van der Waals surface area contributed by atoms with Crippen molar-refractivity contribution in [2.45, 2.75) is 13.0 Å². The summed E-state index contributed by atoms with van der Waals surface area (Å²) >= 11 is 0. The molecule has 0 bridgehead atoms. The number of nitrogens with zero attached hydrogens (tertiary/aromatic N) is 6. The predicted molar refractivity (Wildman–Crippen MR) is 147 cm³/mol. The first-order valence-corrected chi connectivity index (χ1v) is 12.8. The quantitative estimate of drug-likeness (QED) is 0.331. The number of likely N-dealkylation sites (N-methyl/N-ethyl adjacent to an activating group) is 1. The molecule has 39 heavy (non-hydrogen) atoms. The van der Waals surface area contributed by atoms with Gasteiger partial charge in [-0.25, -0.2) is 14.8 Å². The van der Waals surface area contributed by atoms with Crippen molar-refractivity contribution < 1.29 is 24.1 Å². The number of carboxylic acid groups (broad SMARTS) is 1. The molecule has 208 valence electrons. The summed E-state index contributed by atoms with van der Waals surface area (Å²) in [6.45, 7) is 6.02. The minimum atomic E-state index is -1.17. The molecule has 1 fully saturated rings. The van der Waals surface area contributed by atoms with Gasteiger partial charge in [-0.05, 0) is 43.8 Å². The number of methoxy groups -OCH3 is 2. The first kappa shape index (κ1) is 27.9. The summed E-state index contributed by atoms with van der Waals surface area (Å²) in [5.41, 5.74) is 1.28. The SMILES string of the molecule is COc1ccc(OC)c(CN(C(=O)O)c2ccnc(Nc3ccc(OCCCN4CCN(C)CC4)nc3)n2)c1. The molecule has 1 aliphatic heterocycles. The molecule has 0 radical (unpaired) electrons. The van der Waals surface area contributed by atoms with Crippen LogP contribution in [0.25, 0.3) is 0 Å². The lowest BCUT2D eigenvalue weighted by molar-refractivity contribution is 0.145. The summed E-state index contributed by atoms with van der Waals surface area (Å²) in [5.74, 6) is 2.12. The van der Waals surface area contributed by atoms with Crippen molar-refractivity contribution >= 4 is 23.5 Å². The Balaban J connectivity index is 1.34. The zero-order chi connectivity index (χ0) is 27.6. The highest BCUT2D eigenvalue weighted by Crippen LogP contribution is 2.27. The Morgan fingerprint density at radius 1 is 1.08 bits per heavy atom. The van der Waals surface area contributed by atoms with E-state index in [1.54, 1.807) is 37.6 Å². The number of amides is 1. The molecule has 1 aromatic carbocycles. The monoisotopic (exact) mass is 537 g/mol. The molecule has 4 rings (SSSR count). The Bertz CT molecular complexity index is 1220. The van der Waals surface area contributed by atoms with Gasteiger partial charge in [-0.2, -0.15) is 4.98 Å². The van der Waals surface area contributed by atoms with Crippen LogP contribution in [-0.4, -0.2) is 96.5 Å². The molecule has 2 aromatic heterocycles. The number of nitrogens with one attached hydrogen (secondary N) is 1. The summed E-state index contributed by atoms with van der Waals surface area (Å²) < 4.78 is 16.5. The van der Waals surface area contributed by atoms with Crippen LogP contribution in [0.3, 0.4) is 0 Å². The van der Waals surface area contributed by atoms with Gasteiger partial charge in [0.25, 0.3) is 0 Å². The maximum Gasteiger partial charge on any atom is 0.413 e. The first-order chi connectivity index (χ1) is 18.9. The maximum absolute atomic E-state index is 12.1. The van der Waals surface area contributed by atoms with Crippen LogP contribution in [0.15, 0.2) is 48.8 Å². The molecule has 0 aliphatic carbocycles. The van der Waals surface area contributed by atoms with Crippen LogP contribution in [0, 0.1) is 0 Å². The van der Waals surface area contributed by atoms with Crippen LogP contribution >= 0.6 is 0 Å². The van der Waals surface area contributed by atoms with Gasteiger partial charge < -0.3 is 34.4 Å². The molecule has 0 unspecified atom stereocenters. The summed E-state index contributed by atoms with van der Waals surface area (Å²) in [7, 11) is 5.23. The Labute approximate surface area is 228 Å². The van der Waals surface area contributed by atoms with Gasteiger partial charge in [0.15, 0.2) is 0 Å². The van der Waals surface area contributed by atoms with E-state index in [-0.39, 0.29) is 18.3 Å². The standard InChI is InChI=1S/C27H35N7O5/c1-32-12-14-33(15-13-32)11-4-16-39-25-8-5-21(18-29-25)30-26-28-10-9-24(31-26)34(27(35)36)19-20-17-22(37-2)6-7-23(20)38-3/h5-10,17-18H,4,11-16,19H2,1-3H3,(H,35,36)(H,28,30,31). The second-order valence-electron chi connectivity index (χ2n) is 9.14. The van der Waals surface area contributed by atoms with E-state index in [1.807, 2.05) is 6.07 Å². The van der Waals surface area contributed by atoms with Crippen molar-refractivity contribution in [2.75, 3.05) is 70.8 Å². The summed E-state index contributed by atoms with van der Waals surface area (Å²) in [6.07, 6.45) is 2.89. The molecule has 1 saturated heterocycles. The molecule has 1 aliphatic rings. The number of hydrogen-bond donors (Lipinski definition) is 2. The number of anilines is 3. The molecule has 12 nitrogen and oxygen atoms in total. The molecular formula is C27H35N7O5. The number of aromatic nitrogens is 3. The smallest absolute Gasteiger partial charge is 0.413 e. The van der Waals surface area contributed by atoms with Crippen molar-refractivity contribution in [3.63, 3.8) is 0 Å². The lowest BCUT2D eigenvalue weighted by Crippen LogP contribution is -2.44. The number of rotatable bonds is 12.